The number of halogens is 1. The number of hydrogen-bond acceptors (Lipinski definition) is 3. The summed E-state index contributed by atoms with van der Waals surface area (Å²) in [6.45, 7) is 2.20. The third kappa shape index (κ3) is 3.43. The Hall–Kier alpha value is -2.78. The summed E-state index contributed by atoms with van der Waals surface area (Å²) in [4.78, 5) is 7.46. The normalized spacial score (nSPS) is 19.1. The second-order valence-electron chi connectivity index (χ2n) is 6.59. The summed E-state index contributed by atoms with van der Waals surface area (Å²) in [6, 6.07) is 26.6. The molecule has 0 saturated carbocycles. The summed E-state index contributed by atoms with van der Waals surface area (Å²) in [7, 11) is 1.68. The number of benzene rings is 3. The maximum absolute atomic E-state index is 6.07. The van der Waals surface area contributed by atoms with E-state index in [1.54, 1.807) is 7.11 Å². The van der Waals surface area contributed by atoms with E-state index in [9.17, 15) is 0 Å². The molecule has 136 valence electrons. The van der Waals surface area contributed by atoms with Crippen LogP contribution in [-0.2, 0) is 0 Å². The first-order valence-electron chi connectivity index (χ1n) is 8.98. The second-order valence-corrected chi connectivity index (χ2v) is 7.02. The van der Waals surface area contributed by atoms with Crippen LogP contribution in [0, 0.1) is 0 Å². The van der Waals surface area contributed by atoms with Gasteiger partial charge in [0.1, 0.15) is 11.9 Å². The molecule has 0 bridgehead atoms. The van der Waals surface area contributed by atoms with Gasteiger partial charge in [0.05, 0.1) is 18.9 Å². The molecule has 0 saturated heterocycles. The van der Waals surface area contributed by atoms with Crippen molar-refractivity contribution < 1.29 is 4.74 Å². The average molecular weight is 377 g/mol. The lowest BCUT2D eigenvalue weighted by atomic mass is 10.0. The lowest BCUT2D eigenvalue weighted by molar-refractivity contribution is 0.414. The van der Waals surface area contributed by atoms with Gasteiger partial charge in [0, 0.05) is 10.7 Å². The molecule has 1 heterocycles. The van der Waals surface area contributed by atoms with Crippen molar-refractivity contribution in [3.63, 3.8) is 0 Å². The molecule has 0 spiro atoms. The molecule has 1 aliphatic rings. The van der Waals surface area contributed by atoms with Crippen LogP contribution in [0.1, 0.15) is 24.2 Å². The van der Waals surface area contributed by atoms with E-state index in [1.807, 2.05) is 42.5 Å². The predicted octanol–water partition coefficient (Wildman–Crippen LogP) is 5.75. The number of aliphatic imine (C=N–C) groups is 1. The number of nitrogens with zero attached hydrogens (tertiary/aromatic N) is 2. The first-order chi connectivity index (χ1) is 13.2. The number of methoxy groups -OCH3 is 1. The van der Waals surface area contributed by atoms with Crippen molar-refractivity contribution in [3.8, 4) is 5.75 Å². The van der Waals surface area contributed by atoms with Crippen LogP contribution in [0.2, 0.25) is 5.02 Å². The van der Waals surface area contributed by atoms with Gasteiger partial charge in [-0.25, -0.2) is 0 Å². The highest BCUT2D eigenvalue weighted by atomic mass is 35.5. The van der Waals surface area contributed by atoms with E-state index in [4.69, 9.17) is 21.3 Å². The average Bonchev–Trinajstić information content (AvgIpc) is 3.06. The van der Waals surface area contributed by atoms with Gasteiger partial charge in [-0.3, -0.25) is 4.99 Å². The molecule has 0 N–H and O–H groups in total. The molecule has 3 aromatic carbocycles. The van der Waals surface area contributed by atoms with Crippen LogP contribution in [0.15, 0.2) is 83.9 Å². The summed E-state index contributed by atoms with van der Waals surface area (Å²) in [5, 5.41) is 0.733. The molecule has 0 aromatic heterocycles. The van der Waals surface area contributed by atoms with Crippen LogP contribution in [0.4, 0.5) is 5.69 Å². The Labute approximate surface area is 164 Å². The molecule has 3 nitrogen and oxygen atoms in total. The van der Waals surface area contributed by atoms with Gasteiger partial charge in [0.2, 0.25) is 0 Å². The highest BCUT2D eigenvalue weighted by Crippen LogP contribution is 2.37. The molecule has 0 radical (unpaired) electrons. The fourth-order valence-corrected chi connectivity index (χ4v) is 3.68. The third-order valence-electron chi connectivity index (χ3n) is 4.95. The van der Waals surface area contributed by atoms with Crippen molar-refractivity contribution in [2.45, 2.75) is 19.1 Å². The molecule has 4 rings (SSSR count). The minimum Gasteiger partial charge on any atom is -0.497 e. The van der Waals surface area contributed by atoms with Gasteiger partial charge in [-0.2, -0.15) is 0 Å². The molecule has 4 heteroatoms. The zero-order valence-corrected chi connectivity index (χ0v) is 16.1. The van der Waals surface area contributed by atoms with Gasteiger partial charge in [0.15, 0.2) is 0 Å². The first-order valence-corrected chi connectivity index (χ1v) is 9.36. The largest absolute Gasteiger partial charge is 0.497 e. The zero-order valence-electron chi connectivity index (χ0n) is 15.3. The summed E-state index contributed by atoms with van der Waals surface area (Å²) in [5.74, 6) is 0.845. The Morgan fingerprint density at radius 2 is 1.56 bits per heavy atom. The fraction of sp³-hybridized carbons (Fsp3) is 0.174. The Morgan fingerprint density at radius 3 is 2.19 bits per heavy atom. The van der Waals surface area contributed by atoms with E-state index in [0.717, 1.165) is 33.3 Å². The molecule has 2 atom stereocenters. The summed E-state index contributed by atoms with van der Waals surface area (Å²) in [5.41, 5.74) is 4.45. The predicted molar refractivity (Wildman–Crippen MR) is 112 cm³/mol. The van der Waals surface area contributed by atoms with E-state index in [-0.39, 0.29) is 12.2 Å². The van der Waals surface area contributed by atoms with Gasteiger partial charge >= 0.3 is 0 Å². The second kappa shape index (κ2) is 7.45. The molecule has 0 aliphatic carbocycles. The Morgan fingerprint density at radius 1 is 0.889 bits per heavy atom. The molecular formula is C23H21ClN2O. The molecule has 0 fully saturated rings. The summed E-state index contributed by atoms with van der Waals surface area (Å²) < 4.78 is 5.30. The number of para-hydroxylation sites is 1. The maximum atomic E-state index is 6.07. The first kappa shape index (κ1) is 17.6. The van der Waals surface area contributed by atoms with Crippen LogP contribution in [0.25, 0.3) is 0 Å². The van der Waals surface area contributed by atoms with Crippen LogP contribution < -0.4 is 9.64 Å². The lowest BCUT2D eigenvalue weighted by Crippen LogP contribution is -2.35. The number of hydrogen-bond donors (Lipinski definition) is 0. The number of rotatable bonds is 4. The van der Waals surface area contributed by atoms with Crippen molar-refractivity contribution in [1.29, 1.82) is 0 Å². The van der Waals surface area contributed by atoms with Gasteiger partial charge < -0.3 is 9.64 Å². The van der Waals surface area contributed by atoms with Crippen molar-refractivity contribution in [3.05, 3.63) is 95.0 Å². The Balaban J connectivity index is 1.78. The third-order valence-corrected chi connectivity index (χ3v) is 5.20. The molecule has 3 aromatic rings. The molecule has 0 amide bonds. The Kier molecular flexibility index (Phi) is 4.87. The quantitative estimate of drug-likeness (QED) is 0.579. The van der Waals surface area contributed by atoms with Gasteiger partial charge in [0.25, 0.3) is 0 Å². The van der Waals surface area contributed by atoms with E-state index in [2.05, 4.69) is 48.2 Å². The van der Waals surface area contributed by atoms with Gasteiger partial charge in [-0.15, -0.1) is 0 Å². The minimum atomic E-state index is -0.0843. The van der Waals surface area contributed by atoms with Gasteiger partial charge in [-0.05, 0) is 54.4 Å². The van der Waals surface area contributed by atoms with E-state index in [0.29, 0.717) is 0 Å². The van der Waals surface area contributed by atoms with E-state index in [1.165, 1.54) is 0 Å². The smallest absolute Gasteiger partial charge is 0.148 e. The van der Waals surface area contributed by atoms with Crippen LogP contribution >= 0.6 is 11.6 Å². The van der Waals surface area contributed by atoms with Crippen LogP contribution in [0.3, 0.4) is 0 Å². The maximum Gasteiger partial charge on any atom is 0.148 e. The molecule has 2 unspecified atom stereocenters. The lowest BCUT2D eigenvalue weighted by Gasteiger charge is -2.30. The van der Waals surface area contributed by atoms with Gasteiger partial charge in [-0.1, -0.05) is 54.1 Å². The molecular weight excluding hydrogens is 356 g/mol. The fourth-order valence-electron chi connectivity index (χ4n) is 3.56. The van der Waals surface area contributed by atoms with Crippen molar-refractivity contribution in [2.75, 3.05) is 12.0 Å². The van der Waals surface area contributed by atoms with E-state index >= 15 is 0 Å². The molecule has 27 heavy (non-hydrogen) atoms. The van der Waals surface area contributed by atoms with Crippen molar-refractivity contribution >= 4 is 23.0 Å². The summed E-state index contributed by atoms with van der Waals surface area (Å²) >= 11 is 6.07. The monoisotopic (exact) mass is 376 g/mol. The van der Waals surface area contributed by atoms with Crippen molar-refractivity contribution in [2.24, 2.45) is 4.99 Å². The minimum absolute atomic E-state index is 0.0843. The van der Waals surface area contributed by atoms with Crippen molar-refractivity contribution in [1.82, 2.24) is 0 Å². The zero-order chi connectivity index (χ0) is 18.8. The highest BCUT2D eigenvalue weighted by Gasteiger charge is 2.35. The number of ether oxygens (including phenoxy) is 1. The standard InChI is InChI=1S/C23H21ClN2O/c1-16-22(17-8-12-19(24)13-9-17)25-23(18-10-14-21(27-2)15-11-18)26(16)20-6-4-3-5-7-20/h3-16,23H,1-2H3. The highest BCUT2D eigenvalue weighted by molar-refractivity contribution is 6.30. The van der Waals surface area contributed by atoms with Crippen LogP contribution in [0.5, 0.6) is 5.75 Å². The Bertz CT molecular complexity index is 936. The van der Waals surface area contributed by atoms with Crippen LogP contribution in [-0.4, -0.2) is 18.9 Å². The number of anilines is 1. The molecule has 1 aliphatic heterocycles. The SMILES string of the molecule is COc1ccc(C2N=C(c3ccc(Cl)cc3)C(C)N2c2ccccc2)cc1. The van der Waals surface area contributed by atoms with E-state index < -0.39 is 0 Å². The summed E-state index contributed by atoms with van der Waals surface area (Å²) in [6.07, 6.45) is -0.0843. The topological polar surface area (TPSA) is 24.8 Å².